The fourth-order valence-corrected chi connectivity index (χ4v) is 4.39. The molecular formula is C21H21Cl2N3O. The molecule has 0 N–H and O–H groups in total. The smallest absolute Gasteiger partial charge is 0.231 e. The Labute approximate surface area is 169 Å². The zero-order chi connectivity index (χ0) is 19.2. The van der Waals surface area contributed by atoms with Gasteiger partial charge in [-0.1, -0.05) is 35.3 Å². The van der Waals surface area contributed by atoms with Crippen LogP contribution in [0.2, 0.25) is 10.0 Å². The minimum Gasteiger partial charge on any atom is -0.335 e. The van der Waals surface area contributed by atoms with Gasteiger partial charge in [-0.05, 0) is 62.6 Å². The third-order valence-corrected chi connectivity index (χ3v) is 6.06. The van der Waals surface area contributed by atoms with E-state index in [1.807, 2.05) is 55.1 Å². The summed E-state index contributed by atoms with van der Waals surface area (Å²) in [6, 6.07) is 13.1. The maximum Gasteiger partial charge on any atom is 0.231 e. The van der Waals surface area contributed by atoms with E-state index in [2.05, 4.69) is 10.2 Å². The van der Waals surface area contributed by atoms with Crippen molar-refractivity contribution in [3.05, 3.63) is 63.6 Å². The second kappa shape index (κ2) is 6.92. The molecule has 0 spiro atoms. The average Bonchev–Trinajstić information content (AvgIpc) is 3.28. The van der Waals surface area contributed by atoms with Crippen molar-refractivity contribution in [2.75, 3.05) is 6.54 Å². The van der Waals surface area contributed by atoms with Crippen molar-refractivity contribution in [1.82, 2.24) is 4.90 Å². The molecule has 0 radical (unpaired) electrons. The fourth-order valence-electron chi connectivity index (χ4n) is 4.08. The van der Waals surface area contributed by atoms with Gasteiger partial charge < -0.3 is 4.90 Å². The monoisotopic (exact) mass is 401 g/mol. The van der Waals surface area contributed by atoms with Crippen LogP contribution >= 0.6 is 23.2 Å². The van der Waals surface area contributed by atoms with Gasteiger partial charge in [0.2, 0.25) is 5.91 Å². The SMILES string of the molecule is CC(C)(C(=O)N1CCCC1c1ccc(Cl)cc1)C1N=Nc2ccc(Cl)cc21. The summed E-state index contributed by atoms with van der Waals surface area (Å²) in [7, 11) is 0. The van der Waals surface area contributed by atoms with Crippen molar-refractivity contribution < 1.29 is 4.79 Å². The average molecular weight is 402 g/mol. The van der Waals surface area contributed by atoms with Crippen LogP contribution in [0.4, 0.5) is 5.69 Å². The second-order valence-electron chi connectivity index (χ2n) is 7.75. The molecule has 1 fully saturated rings. The van der Waals surface area contributed by atoms with E-state index in [0.29, 0.717) is 10.0 Å². The molecule has 0 aliphatic carbocycles. The summed E-state index contributed by atoms with van der Waals surface area (Å²) in [6.07, 6.45) is 1.95. The standard InChI is InChI=1S/C21H21Cl2N3O/c1-21(2,19-16-12-15(23)9-10-17(16)24-25-19)20(27)26-11-3-4-18(26)13-5-7-14(22)8-6-13/h5-10,12,18-19H,3-4,11H2,1-2H3. The van der Waals surface area contributed by atoms with E-state index >= 15 is 0 Å². The molecular weight excluding hydrogens is 381 g/mol. The summed E-state index contributed by atoms with van der Waals surface area (Å²) in [6.45, 7) is 4.65. The van der Waals surface area contributed by atoms with Crippen LogP contribution in [0.25, 0.3) is 0 Å². The maximum atomic E-state index is 13.6. The number of azo groups is 1. The topological polar surface area (TPSA) is 45.0 Å². The molecule has 1 amide bonds. The highest BCUT2D eigenvalue weighted by Crippen LogP contribution is 2.49. The van der Waals surface area contributed by atoms with E-state index in [1.165, 1.54) is 0 Å². The quantitative estimate of drug-likeness (QED) is 0.576. The lowest BCUT2D eigenvalue weighted by Crippen LogP contribution is -2.43. The molecule has 2 aromatic carbocycles. The van der Waals surface area contributed by atoms with Crippen molar-refractivity contribution in [3.63, 3.8) is 0 Å². The lowest BCUT2D eigenvalue weighted by molar-refractivity contribution is -0.142. The Morgan fingerprint density at radius 2 is 1.81 bits per heavy atom. The summed E-state index contributed by atoms with van der Waals surface area (Å²) in [5, 5.41) is 10.0. The molecule has 27 heavy (non-hydrogen) atoms. The number of hydrogen-bond acceptors (Lipinski definition) is 3. The van der Waals surface area contributed by atoms with Crippen molar-refractivity contribution in [3.8, 4) is 0 Å². The van der Waals surface area contributed by atoms with Crippen molar-refractivity contribution in [1.29, 1.82) is 0 Å². The Bertz CT molecular complexity index is 908. The number of rotatable bonds is 3. The maximum absolute atomic E-state index is 13.6. The Morgan fingerprint density at radius 1 is 1.11 bits per heavy atom. The largest absolute Gasteiger partial charge is 0.335 e. The minimum absolute atomic E-state index is 0.0752. The number of hydrogen-bond donors (Lipinski definition) is 0. The van der Waals surface area contributed by atoms with Crippen LogP contribution in [0, 0.1) is 5.41 Å². The number of carbonyl (C=O) groups is 1. The van der Waals surface area contributed by atoms with Gasteiger partial charge in [-0.25, -0.2) is 0 Å². The molecule has 0 aromatic heterocycles. The molecule has 4 rings (SSSR count). The fraction of sp³-hybridized carbons (Fsp3) is 0.381. The van der Waals surface area contributed by atoms with E-state index in [1.54, 1.807) is 6.07 Å². The first-order chi connectivity index (χ1) is 12.9. The lowest BCUT2D eigenvalue weighted by atomic mass is 9.79. The molecule has 2 aliphatic heterocycles. The molecule has 1 saturated heterocycles. The molecule has 2 aromatic rings. The van der Waals surface area contributed by atoms with E-state index in [-0.39, 0.29) is 18.0 Å². The van der Waals surface area contributed by atoms with Crippen LogP contribution in [-0.4, -0.2) is 17.4 Å². The number of benzene rings is 2. The van der Waals surface area contributed by atoms with Crippen LogP contribution in [-0.2, 0) is 4.79 Å². The van der Waals surface area contributed by atoms with E-state index in [9.17, 15) is 4.79 Å². The first-order valence-electron chi connectivity index (χ1n) is 9.15. The number of nitrogens with zero attached hydrogens (tertiary/aromatic N) is 3. The molecule has 4 nitrogen and oxygen atoms in total. The summed E-state index contributed by atoms with van der Waals surface area (Å²) in [4.78, 5) is 15.6. The first kappa shape index (κ1) is 18.5. The van der Waals surface area contributed by atoms with Crippen LogP contribution in [0.3, 0.4) is 0 Å². The zero-order valence-corrected chi connectivity index (χ0v) is 16.8. The highest BCUT2D eigenvalue weighted by atomic mass is 35.5. The van der Waals surface area contributed by atoms with Crippen molar-refractivity contribution in [2.45, 2.75) is 38.8 Å². The third-order valence-electron chi connectivity index (χ3n) is 5.57. The van der Waals surface area contributed by atoms with Crippen LogP contribution in [0.15, 0.2) is 52.7 Å². The van der Waals surface area contributed by atoms with Gasteiger partial charge in [0.15, 0.2) is 0 Å². The molecule has 0 bridgehead atoms. The van der Waals surface area contributed by atoms with Gasteiger partial charge in [0, 0.05) is 22.2 Å². The van der Waals surface area contributed by atoms with E-state index < -0.39 is 5.41 Å². The Morgan fingerprint density at radius 3 is 2.56 bits per heavy atom. The predicted molar refractivity (Wildman–Crippen MR) is 108 cm³/mol. The molecule has 2 heterocycles. The number of amides is 1. The predicted octanol–water partition coefficient (Wildman–Crippen LogP) is 6.52. The normalized spacial score (nSPS) is 21.6. The van der Waals surface area contributed by atoms with E-state index in [4.69, 9.17) is 23.2 Å². The highest BCUT2D eigenvalue weighted by Gasteiger charge is 2.46. The number of carbonyl (C=O) groups excluding carboxylic acids is 1. The second-order valence-corrected chi connectivity index (χ2v) is 8.62. The summed E-state index contributed by atoms with van der Waals surface area (Å²) < 4.78 is 0. The van der Waals surface area contributed by atoms with Gasteiger partial charge in [0.1, 0.15) is 6.04 Å². The Hall–Kier alpha value is -1.91. The van der Waals surface area contributed by atoms with Gasteiger partial charge >= 0.3 is 0 Å². The molecule has 2 atom stereocenters. The third kappa shape index (κ3) is 3.26. The number of likely N-dealkylation sites (tertiary alicyclic amines) is 1. The van der Waals surface area contributed by atoms with Crippen LogP contribution in [0.5, 0.6) is 0 Å². The van der Waals surface area contributed by atoms with E-state index in [0.717, 1.165) is 36.2 Å². The minimum atomic E-state index is -0.714. The summed E-state index contributed by atoms with van der Waals surface area (Å²) >= 11 is 12.2. The number of halogens is 2. The summed E-state index contributed by atoms with van der Waals surface area (Å²) in [5.74, 6) is 0.0942. The molecule has 6 heteroatoms. The molecule has 2 aliphatic rings. The van der Waals surface area contributed by atoms with Crippen molar-refractivity contribution >= 4 is 34.8 Å². The first-order valence-corrected chi connectivity index (χ1v) is 9.90. The van der Waals surface area contributed by atoms with Gasteiger partial charge in [-0.3, -0.25) is 4.79 Å². The highest BCUT2D eigenvalue weighted by molar-refractivity contribution is 6.31. The summed E-state index contributed by atoms with van der Waals surface area (Å²) in [5.41, 5.74) is 2.12. The van der Waals surface area contributed by atoms with Crippen molar-refractivity contribution in [2.24, 2.45) is 15.6 Å². The van der Waals surface area contributed by atoms with Crippen LogP contribution in [0.1, 0.15) is 49.9 Å². The van der Waals surface area contributed by atoms with Gasteiger partial charge in [-0.15, -0.1) is 0 Å². The van der Waals surface area contributed by atoms with Gasteiger partial charge in [0.05, 0.1) is 17.1 Å². The zero-order valence-electron chi connectivity index (χ0n) is 15.3. The molecule has 2 unspecified atom stereocenters. The molecule has 0 saturated carbocycles. The Balaban J connectivity index is 1.63. The molecule has 140 valence electrons. The number of fused-ring (bicyclic) bond motifs is 1. The Kier molecular flexibility index (Phi) is 4.73. The van der Waals surface area contributed by atoms with Gasteiger partial charge in [0.25, 0.3) is 0 Å². The van der Waals surface area contributed by atoms with Gasteiger partial charge in [-0.2, -0.15) is 10.2 Å². The lowest BCUT2D eigenvalue weighted by Gasteiger charge is -2.35. The van der Waals surface area contributed by atoms with Crippen LogP contribution < -0.4 is 0 Å².